The minimum absolute atomic E-state index is 0.221. The Morgan fingerprint density at radius 3 is 2.53 bits per heavy atom. The van der Waals surface area contributed by atoms with Gasteiger partial charge in [-0.1, -0.05) is 18.2 Å². The lowest BCUT2D eigenvalue weighted by atomic mass is 10.3. The molecule has 1 rings (SSSR count). The average Bonchev–Trinajstić information content (AvgIpc) is 2.42. The van der Waals surface area contributed by atoms with Gasteiger partial charge in [0.15, 0.2) is 6.04 Å². The van der Waals surface area contributed by atoms with E-state index < -0.39 is 24.6 Å². The molecule has 0 aliphatic rings. The van der Waals surface area contributed by atoms with Gasteiger partial charge in [-0.2, -0.15) is 0 Å². The third-order valence-corrected chi connectivity index (χ3v) is 2.19. The lowest BCUT2D eigenvalue weighted by Crippen LogP contribution is -2.48. The van der Waals surface area contributed by atoms with Gasteiger partial charge in [-0.05, 0) is 12.1 Å². The standard InChI is InChI=1S/C12H16N2O5/c15-8-10(11(16)17)14-12(18)13-6-7-19-9-4-2-1-3-5-9/h1-5,10,15H,6-8H2,(H,16,17)(H2,13,14,18). The first-order valence-electron chi connectivity index (χ1n) is 5.69. The monoisotopic (exact) mass is 268 g/mol. The molecule has 0 aromatic heterocycles. The second-order valence-electron chi connectivity index (χ2n) is 3.64. The van der Waals surface area contributed by atoms with Crippen LogP contribution in [0.1, 0.15) is 0 Å². The van der Waals surface area contributed by atoms with Crippen LogP contribution in [0.25, 0.3) is 0 Å². The van der Waals surface area contributed by atoms with Crippen molar-refractivity contribution in [3.8, 4) is 5.75 Å². The van der Waals surface area contributed by atoms with Crippen LogP contribution in [0.2, 0.25) is 0 Å². The zero-order valence-corrected chi connectivity index (χ0v) is 10.2. The molecule has 0 fully saturated rings. The van der Waals surface area contributed by atoms with Gasteiger partial charge in [-0.25, -0.2) is 9.59 Å². The minimum atomic E-state index is -1.31. The highest BCUT2D eigenvalue weighted by Gasteiger charge is 2.17. The van der Waals surface area contributed by atoms with Crippen LogP contribution in [0, 0.1) is 0 Å². The van der Waals surface area contributed by atoms with E-state index in [9.17, 15) is 9.59 Å². The van der Waals surface area contributed by atoms with Crippen LogP contribution in [-0.2, 0) is 4.79 Å². The van der Waals surface area contributed by atoms with Gasteiger partial charge >= 0.3 is 12.0 Å². The Labute approximate surface area is 110 Å². The number of ether oxygens (including phenoxy) is 1. The van der Waals surface area contributed by atoms with Gasteiger partial charge in [0, 0.05) is 0 Å². The largest absolute Gasteiger partial charge is 0.492 e. The number of carbonyl (C=O) groups excluding carboxylic acids is 1. The fraction of sp³-hybridized carbons (Fsp3) is 0.333. The van der Waals surface area contributed by atoms with Gasteiger partial charge in [0.1, 0.15) is 12.4 Å². The molecule has 0 saturated carbocycles. The number of urea groups is 1. The van der Waals surface area contributed by atoms with E-state index >= 15 is 0 Å². The molecule has 7 heteroatoms. The fourth-order valence-electron chi connectivity index (χ4n) is 1.24. The zero-order chi connectivity index (χ0) is 14.1. The summed E-state index contributed by atoms with van der Waals surface area (Å²) in [7, 11) is 0. The van der Waals surface area contributed by atoms with Crippen molar-refractivity contribution in [3.63, 3.8) is 0 Å². The molecule has 1 aromatic rings. The van der Waals surface area contributed by atoms with Crippen molar-refractivity contribution < 1.29 is 24.5 Å². The number of aliphatic hydroxyl groups is 1. The van der Waals surface area contributed by atoms with Crippen LogP contribution in [0.5, 0.6) is 5.75 Å². The third kappa shape index (κ3) is 5.73. The topological polar surface area (TPSA) is 108 Å². The first-order chi connectivity index (χ1) is 9.13. The van der Waals surface area contributed by atoms with Crippen molar-refractivity contribution in [1.82, 2.24) is 10.6 Å². The lowest BCUT2D eigenvalue weighted by Gasteiger charge is -2.12. The Morgan fingerprint density at radius 2 is 1.95 bits per heavy atom. The lowest BCUT2D eigenvalue weighted by molar-refractivity contribution is -0.140. The number of para-hydroxylation sites is 1. The van der Waals surface area contributed by atoms with Crippen molar-refractivity contribution in [1.29, 1.82) is 0 Å². The molecule has 7 nitrogen and oxygen atoms in total. The number of benzene rings is 1. The summed E-state index contributed by atoms with van der Waals surface area (Å²) in [5, 5.41) is 21.9. The number of amides is 2. The van der Waals surface area contributed by atoms with E-state index in [1.807, 2.05) is 18.2 Å². The molecule has 0 spiro atoms. The van der Waals surface area contributed by atoms with E-state index in [1.165, 1.54) is 0 Å². The van der Waals surface area contributed by atoms with Gasteiger partial charge in [0.05, 0.1) is 13.2 Å². The van der Waals surface area contributed by atoms with Gasteiger partial charge in [0.2, 0.25) is 0 Å². The second-order valence-corrected chi connectivity index (χ2v) is 3.64. The van der Waals surface area contributed by atoms with Crippen LogP contribution >= 0.6 is 0 Å². The van der Waals surface area contributed by atoms with E-state index in [1.54, 1.807) is 12.1 Å². The highest BCUT2D eigenvalue weighted by Crippen LogP contribution is 2.07. The van der Waals surface area contributed by atoms with E-state index in [-0.39, 0.29) is 13.2 Å². The van der Waals surface area contributed by atoms with Crippen LogP contribution in [-0.4, -0.2) is 48.0 Å². The van der Waals surface area contributed by atoms with Gasteiger partial charge in [-0.3, -0.25) is 0 Å². The quantitative estimate of drug-likeness (QED) is 0.513. The summed E-state index contributed by atoms with van der Waals surface area (Å²) in [6.45, 7) is -0.184. The van der Waals surface area contributed by atoms with E-state index in [4.69, 9.17) is 14.9 Å². The molecule has 1 aromatic carbocycles. The number of hydrogen-bond acceptors (Lipinski definition) is 4. The highest BCUT2D eigenvalue weighted by atomic mass is 16.5. The molecule has 0 radical (unpaired) electrons. The molecule has 19 heavy (non-hydrogen) atoms. The summed E-state index contributed by atoms with van der Waals surface area (Å²) in [5.74, 6) is -0.610. The number of carboxylic acids is 1. The number of carboxylic acid groups (broad SMARTS) is 1. The molecule has 0 aliphatic heterocycles. The maximum absolute atomic E-state index is 11.3. The normalized spacial score (nSPS) is 11.4. The van der Waals surface area contributed by atoms with Gasteiger partial charge in [-0.15, -0.1) is 0 Å². The maximum Gasteiger partial charge on any atom is 0.328 e. The first-order valence-corrected chi connectivity index (χ1v) is 5.69. The second kappa shape index (κ2) is 7.93. The Balaban J connectivity index is 2.19. The number of nitrogens with one attached hydrogen (secondary N) is 2. The predicted octanol–water partition coefficient (Wildman–Crippen LogP) is -0.190. The van der Waals surface area contributed by atoms with E-state index in [2.05, 4.69) is 10.6 Å². The Kier molecular flexibility index (Phi) is 6.17. The van der Waals surface area contributed by atoms with Crippen molar-refractivity contribution in [2.24, 2.45) is 0 Å². The number of aliphatic hydroxyl groups excluding tert-OH is 1. The van der Waals surface area contributed by atoms with Crippen LogP contribution < -0.4 is 15.4 Å². The van der Waals surface area contributed by atoms with Crippen molar-refractivity contribution in [2.75, 3.05) is 19.8 Å². The van der Waals surface area contributed by atoms with E-state index in [0.717, 1.165) is 0 Å². The highest BCUT2D eigenvalue weighted by molar-refractivity contribution is 5.82. The molecular weight excluding hydrogens is 252 g/mol. The molecule has 4 N–H and O–H groups in total. The number of aliphatic carboxylic acids is 1. The van der Waals surface area contributed by atoms with Gasteiger partial charge < -0.3 is 25.6 Å². The smallest absolute Gasteiger partial charge is 0.328 e. The minimum Gasteiger partial charge on any atom is -0.492 e. The summed E-state index contributed by atoms with van der Waals surface area (Å²) in [6, 6.07) is 7.11. The Morgan fingerprint density at radius 1 is 1.26 bits per heavy atom. The Bertz CT molecular complexity index is 410. The first kappa shape index (κ1) is 14.8. The Hall–Kier alpha value is -2.28. The van der Waals surface area contributed by atoms with Crippen molar-refractivity contribution >= 4 is 12.0 Å². The van der Waals surface area contributed by atoms with Crippen molar-refractivity contribution in [3.05, 3.63) is 30.3 Å². The SMILES string of the molecule is O=C(NCCOc1ccccc1)NC(CO)C(=O)O. The van der Waals surface area contributed by atoms with Crippen LogP contribution in [0.4, 0.5) is 4.79 Å². The summed E-state index contributed by atoms with van der Waals surface area (Å²) in [4.78, 5) is 21.8. The molecule has 0 aliphatic carbocycles. The van der Waals surface area contributed by atoms with Crippen molar-refractivity contribution in [2.45, 2.75) is 6.04 Å². The molecule has 0 bridgehead atoms. The predicted molar refractivity (Wildman–Crippen MR) is 67.0 cm³/mol. The van der Waals surface area contributed by atoms with Crippen LogP contribution in [0.15, 0.2) is 30.3 Å². The van der Waals surface area contributed by atoms with Crippen LogP contribution in [0.3, 0.4) is 0 Å². The summed E-state index contributed by atoms with van der Waals surface area (Å²) >= 11 is 0. The fourth-order valence-corrected chi connectivity index (χ4v) is 1.24. The summed E-state index contributed by atoms with van der Waals surface area (Å²) < 4.78 is 5.33. The third-order valence-electron chi connectivity index (χ3n) is 2.19. The molecule has 0 saturated heterocycles. The zero-order valence-electron chi connectivity index (χ0n) is 10.2. The maximum atomic E-state index is 11.3. The van der Waals surface area contributed by atoms with E-state index in [0.29, 0.717) is 5.75 Å². The summed E-state index contributed by atoms with van der Waals surface area (Å²) in [6.07, 6.45) is 0. The van der Waals surface area contributed by atoms with Gasteiger partial charge in [0.25, 0.3) is 0 Å². The molecule has 1 unspecified atom stereocenters. The number of hydrogen-bond donors (Lipinski definition) is 4. The number of carbonyl (C=O) groups is 2. The molecule has 2 amide bonds. The molecule has 104 valence electrons. The number of rotatable bonds is 7. The molecule has 1 atom stereocenters. The summed E-state index contributed by atoms with van der Waals surface area (Å²) in [5.41, 5.74) is 0. The molecule has 0 heterocycles. The molecular formula is C12H16N2O5. The average molecular weight is 268 g/mol.